The van der Waals surface area contributed by atoms with Gasteiger partial charge in [-0.1, -0.05) is 6.42 Å². The number of ether oxygens (including phenoxy) is 1. The lowest BCUT2D eigenvalue weighted by Gasteiger charge is -2.23. The summed E-state index contributed by atoms with van der Waals surface area (Å²) < 4.78 is 4.67. The number of methoxy groups -OCH3 is 1. The first-order valence-corrected chi connectivity index (χ1v) is 4.51. The van der Waals surface area contributed by atoms with E-state index in [1.54, 1.807) is 0 Å². The van der Waals surface area contributed by atoms with Crippen molar-refractivity contribution in [3.63, 3.8) is 0 Å². The van der Waals surface area contributed by atoms with Crippen LogP contribution in [0.25, 0.3) is 0 Å². The Kier molecular flexibility index (Phi) is 3.24. The maximum atomic E-state index is 11.1. The summed E-state index contributed by atoms with van der Waals surface area (Å²) in [7, 11) is 1.45. The van der Waals surface area contributed by atoms with E-state index in [-0.39, 0.29) is 11.9 Å². The molecule has 0 radical (unpaired) electrons. The molecule has 2 atom stereocenters. The van der Waals surface area contributed by atoms with E-state index in [9.17, 15) is 4.79 Å². The molecular formula is C8H14O2S. The van der Waals surface area contributed by atoms with E-state index in [0.29, 0.717) is 5.25 Å². The molecule has 0 bridgehead atoms. The number of carbonyl (C=O) groups is 1. The number of thiol groups is 1. The predicted molar refractivity (Wildman–Crippen MR) is 46.7 cm³/mol. The number of rotatable bonds is 1. The van der Waals surface area contributed by atoms with Crippen LogP contribution >= 0.6 is 12.6 Å². The second-order valence-electron chi connectivity index (χ2n) is 3.04. The minimum atomic E-state index is -0.0660. The molecule has 64 valence electrons. The van der Waals surface area contributed by atoms with Crippen LogP contribution < -0.4 is 0 Å². The van der Waals surface area contributed by atoms with Gasteiger partial charge in [0.05, 0.1) is 13.0 Å². The summed E-state index contributed by atoms with van der Waals surface area (Å²) in [6, 6.07) is 0. The van der Waals surface area contributed by atoms with Crippen molar-refractivity contribution in [1.29, 1.82) is 0 Å². The molecule has 0 aliphatic heterocycles. The van der Waals surface area contributed by atoms with E-state index in [4.69, 9.17) is 0 Å². The molecule has 0 unspecified atom stereocenters. The van der Waals surface area contributed by atoms with E-state index in [1.165, 1.54) is 7.11 Å². The molecule has 0 amide bonds. The minimum Gasteiger partial charge on any atom is -0.469 e. The third kappa shape index (κ3) is 2.40. The summed E-state index contributed by atoms with van der Waals surface area (Å²) in [5.74, 6) is 0.0417. The largest absolute Gasteiger partial charge is 0.469 e. The fourth-order valence-corrected chi connectivity index (χ4v) is 1.98. The highest BCUT2D eigenvalue weighted by molar-refractivity contribution is 7.80. The van der Waals surface area contributed by atoms with Crippen molar-refractivity contribution >= 4 is 18.6 Å². The van der Waals surface area contributed by atoms with E-state index in [1.807, 2.05) is 0 Å². The van der Waals surface area contributed by atoms with Gasteiger partial charge in [-0.2, -0.15) is 12.6 Å². The van der Waals surface area contributed by atoms with Gasteiger partial charge in [-0.25, -0.2) is 0 Å². The lowest BCUT2D eigenvalue weighted by atomic mass is 9.89. The van der Waals surface area contributed by atoms with Crippen molar-refractivity contribution in [2.75, 3.05) is 7.11 Å². The van der Waals surface area contributed by atoms with Crippen LogP contribution in [0.2, 0.25) is 0 Å². The van der Waals surface area contributed by atoms with Crippen LogP contribution in [0.4, 0.5) is 0 Å². The van der Waals surface area contributed by atoms with E-state index in [2.05, 4.69) is 17.4 Å². The topological polar surface area (TPSA) is 26.3 Å². The highest BCUT2D eigenvalue weighted by Crippen LogP contribution is 2.27. The Labute approximate surface area is 72.7 Å². The average Bonchev–Trinajstić information content (AvgIpc) is 2.03. The van der Waals surface area contributed by atoms with Crippen molar-refractivity contribution in [3.8, 4) is 0 Å². The maximum absolute atomic E-state index is 11.1. The summed E-state index contributed by atoms with van der Waals surface area (Å²) in [5.41, 5.74) is 0. The summed E-state index contributed by atoms with van der Waals surface area (Å²) in [6.07, 6.45) is 4.10. The van der Waals surface area contributed by atoms with Crippen LogP contribution in [0.1, 0.15) is 25.7 Å². The molecule has 3 heteroatoms. The molecule has 1 aliphatic carbocycles. The molecule has 1 aliphatic rings. The zero-order valence-electron chi connectivity index (χ0n) is 6.75. The average molecular weight is 174 g/mol. The predicted octanol–water partition coefficient (Wildman–Crippen LogP) is 1.65. The molecule has 11 heavy (non-hydrogen) atoms. The Morgan fingerprint density at radius 2 is 2.27 bits per heavy atom. The molecule has 0 aromatic rings. The number of carbonyl (C=O) groups excluding carboxylic acids is 1. The van der Waals surface area contributed by atoms with Gasteiger partial charge in [0.2, 0.25) is 0 Å². The van der Waals surface area contributed by atoms with Crippen molar-refractivity contribution in [3.05, 3.63) is 0 Å². The lowest BCUT2D eigenvalue weighted by molar-refractivity contribution is -0.146. The van der Waals surface area contributed by atoms with Gasteiger partial charge in [-0.05, 0) is 19.3 Å². The maximum Gasteiger partial charge on any atom is 0.308 e. The van der Waals surface area contributed by atoms with Crippen LogP contribution in [0.5, 0.6) is 0 Å². The first-order valence-electron chi connectivity index (χ1n) is 4.00. The van der Waals surface area contributed by atoms with Gasteiger partial charge < -0.3 is 4.74 Å². The molecule has 1 saturated carbocycles. The van der Waals surface area contributed by atoms with Crippen molar-refractivity contribution in [2.45, 2.75) is 30.9 Å². The minimum absolute atomic E-state index is 0.0660. The van der Waals surface area contributed by atoms with Gasteiger partial charge in [0.25, 0.3) is 0 Å². The first-order chi connectivity index (χ1) is 5.24. The van der Waals surface area contributed by atoms with Gasteiger partial charge in [-0.3, -0.25) is 4.79 Å². The zero-order chi connectivity index (χ0) is 8.27. The standard InChI is InChI=1S/C8H14O2S/c1-10-8(9)6-3-2-4-7(11)5-6/h6-7,11H,2-5H2,1H3/t6-,7+/m1/s1. The quantitative estimate of drug-likeness (QED) is 0.483. The van der Waals surface area contributed by atoms with Crippen LogP contribution in [0.15, 0.2) is 0 Å². The Bertz CT molecular complexity index is 147. The Morgan fingerprint density at radius 1 is 1.55 bits per heavy atom. The fourth-order valence-electron chi connectivity index (χ4n) is 1.54. The Hall–Kier alpha value is -0.180. The SMILES string of the molecule is COC(=O)[C@@H]1CCC[C@H](S)C1. The molecule has 0 saturated heterocycles. The normalized spacial score (nSPS) is 31.5. The van der Waals surface area contributed by atoms with Gasteiger partial charge in [-0.15, -0.1) is 0 Å². The Balaban J connectivity index is 2.39. The highest BCUT2D eigenvalue weighted by atomic mass is 32.1. The molecule has 1 rings (SSSR count). The van der Waals surface area contributed by atoms with Gasteiger partial charge >= 0.3 is 5.97 Å². The number of hydrogen-bond donors (Lipinski definition) is 1. The molecule has 1 fully saturated rings. The molecule has 0 aromatic heterocycles. The van der Waals surface area contributed by atoms with Crippen LogP contribution in [-0.2, 0) is 9.53 Å². The summed E-state index contributed by atoms with van der Waals surface area (Å²) >= 11 is 4.35. The summed E-state index contributed by atoms with van der Waals surface area (Å²) in [6.45, 7) is 0. The molecule has 2 nitrogen and oxygen atoms in total. The fraction of sp³-hybridized carbons (Fsp3) is 0.875. The molecule has 0 spiro atoms. The molecule has 0 N–H and O–H groups in total. The van der Waals surface area contributed by atoms with E-state index < -0.39 is 0 Å². The second kappa shape index (κ2) is 4.00. The zero-order valence-corrected chi connectivity index (χ0v) is 7.64. The van der Waals surface area contributed by atoms with Gasteiger partial charge in [0.15, 0.2) is 0 Å². The second-order valence-corrected chi connectivity index (χ2v) is 3.77. The number of esters is 1. The Morgan fingerprint density at radius 3 is 2.82 bits per heavy atom. The van der Waals surface area contributed by atoms with Crippen LogP contribution in [0, 0.1) is 5.92 Å². The van der Waals surface area contributed by atoms with Crippen molar-refractivity contribution < 1.29 is 9.53 Å². The van der Waals surface area contributed by atoms with Crippen molar-refractivity contribution in [2.24, 2.45) is 5.92 Å². The third-order valence-corrected chi connectivity index (χ3v) is 2.65. The monoisotopic (exact) mass is 174 g/mol. The third-order valence-electron chi connectivity index (χ3n) is 2.18. The lowest BCUT2D eigenvalue weighted by Crippen LogP contribution is -2.24. The van der Waals surface area contributed by atoms with Gasteiger partial charge in [0, 0.05) is 5.25 Å². The van der Waals surface area contributed by atoms with Crippen LogP contribution in [-0.4, -0.2) is 18.3 Å². The van der Waals surface area contributed by atoms with Gasteiger partial charge in [0.1, 0.15) is 0 Å². The summed E-state index contributed by atoms with van der Waals surface area (Å²) in [4.78, 5) is 11.1. The van der Waals surface area contributed by atoms with Crippen LogP contribution in [0.3, 0.4) is 0 Å². The smallest absolute Gasteiger partial charge is 0.308 e. The number of hydrogen-bond acceptors (Lipinski definition) is 3. The van der Waals surface area contributed by atoms with Crippen molar-refractivity contribution in [1.82, 2.24) is 0 Å². The summed E-state index contributed by atoms with van der Waals surface area (Å²) in [5, 5.41) is 0.396. The first kappa shape index (κ1) is 8.91. The highest BCUT2D eigenvalue weighted by Gasteiger charge is 2.25. The molecule has 0 aromatic carbocycles. The van der Waals surface area contributed by atoms with E-state index in [0.717, 1.165) is 25.7 Å². The molecule has 0 heterocycles. The van der Waals surface area contributed by atoms with E-state index >= 15 is 0 Å². The molecular weight excluding hydrogens is 160 g/mol.